The molecule has 1 aliphatic carbocycles. The molecule has 2 aromatic carbocycles. The van der Waals surface area contributed by atoms with Crippen LogP contribution in [0.2, 0.25) is 0 Å². The topological polar surface area (TPSA) is 75.7 Å². The normalized spacial score (nSPS) is 20.5. The minimum Gasteiger partial charge on any atom is -0.490 e. The zero-order valence-corrected chi connectivity index (χ0v) is 18.7. The Balaban J connectivity index is 1.36. The van der Waals surface area contributed by atoms with Gasteiger partial charge in [-0.25, -0.2) is 8.42 Å². The van der Waals surface area contributed by atoms with Gasteiger partial charge in [-0.3, -0.25) is 4.79 Å². The highest BCUT2D eigenvalue weighted by atomic mass is 32.2. The SMILES string of the molecule is Cc1ccc(S(=O)(=O)N2CCC[C@H](C(=O)Nc3ccc(OC4CCCC4)cc3)C2)cc1. The fourth-order valence-electron chi connectivity index (χ4n) is 4.29. The largest absolute Gasteiger partial charge is 0.490 e. The predicted molar refractivity (Wildman–Crippen MR) is 121 cm³/mol. The quantitative estimate of drug-likeness (QED) is 0.721. The van der Waals surface area contributed by atoms with Crippen molar-refractivity contribution < 1.29 is 17.9 Å². The first-order chi connectivity index (χ1) is 14.9. The molecular weight excluding hydrogens is 412 g/mol. The molecule has 0 spiro atoms. The Labute approximate surface area is 184 Å². The number of hydrogen-bond donors (Lipinski definition) is 1. The molecule has 0 aromatic heterocycles. The Hall–Kier alpha value is -2.38. The molecular formula is C24H30N2O4S. The maximum absolute atomic E-state index is 13.0. The first kappa shape index (κ1) is 21.8. The fraction of sp³-hybridized carbons (Fsp3) is 0.458. The number of amides is 1. The van der Waals surface area contributed by atoms with Crippen molar-refractivity contribution in [3.63, 3.8) is 0 Å². The molecule has 7 heteroatoms. The minimum absolute atomic E-state index is 0.145. The Morgan fingerprint density at radius 1 is 0.968 bits per heavy atom. The van der Waals surface area contributed by atoms with Crippen LogP contribution in [-0.2, 0) is 14.8 Å². The van der Waals surface area contributed by atoms with E-state index in [1.165, 1.54) is 17.1 Å². The Morgan fingerprint density at radius 2 is 1.65 bits per heavy atom. The van der Waals surface area contributed by atoms with Gasteiger partial charge in [0.2, 0.25) is 15.9 Å². The number of ether oxygens (including phenoxy) is 1. The molecule has 2 aromatic rings. The van der Waals surface area contributed by atoms with E-state index in [4.69, 9.17) is 4.74 Å². The number of nitrogens with one attached hydrogen (secondary N) is 1. The molecule has 1 N–H and O–H groups in total. The van der Waals surface area contributed by atoms with E-state index in [1.54, 1.807) is 24.3 Å². The molecule has 4 rings (SSSR count). The van der Waals surface area contributed by atoms with Gasteiger partial charge in [0.1, 0.15) is 5.75 Å². The minimum atomic E-state index is -3.60. The average molecular weight is 443 g/mol. The summed E-state index contributed by atoms with van der Waals surface area (Å²) < 4.78 is 33.4. The third kappa shape index (κ3) is 5.28. The van der Waals surface area contributed by atoms with Crippen LogP contribution < -0.4 is 10.1 Å². The highest BCUT2D eigenvalue weighted by Crippen LogP contribution is 2.27. The molecule has 2 aliphatic rings. The molecule has 2 fully saturated rings. The number of rotatable bonds is 6. The van der Waals surface area contributed by atoms with Crippen LogP contribution in [0.5, 0.6) is 5.75 Å². The number of carbonyl (C=O) groups excluding carboxylic acids is 1. The van der Waals surface area contributed by atoms with Crippen LogP contribution >= 0.6 is 0 Å². The van der Waals surface area contributed by atoms with E-state index in [1.807, 2.05) is 31.2 Å². The van der Waals surface area contributed by atoms with Gasteiger partial charge in [-0.1, -0.05) is 17.7 Å². The number of sulfonamides is 1. The highest BCUT2D eigenvalue weighted by Gasteiger charge is 2.33. The number of piperidine rings is 1. The van der Waals surface area contributed by atoms with E-state index in [0.29, 0.717) is 31.2 Å². The average Bonchev–Trinajstić information content (AvgIpc) is 3.28. The van der Waals surface area contributed by atoms with Crippen LogP contribution in [0, 0.1) is 12.8 Å². The van der Waals surface area contributed by atoms with Crippen molar-refractivity contribution in [3.8, 4) is 5.75 Å². The summed E-state index contributed by atoms with van der Waals surface area (Å²) in [6.07, 6.45) is 6.27. The lowest BCUT2D eigenvalue weighted by molar-refractivity contribution is -0.120. The first-order valence-electron chi connectivity index (χ1n) is 11.1. The highest BCUT2D eigenvalue weighted by molar-refractivity contribution is 7.89. The van der Waals surface area contributed by atoms with Crippen molar-refractivity contribution in [2.24, 2.45) is 5.92 Å². The second-order valence-electron chi connectivity index (χ2n) is 8.55. The molecule has 1 saturated heterocycles. The third-order valence-electron chi connectivity index (χ3n) is 6.14. The van der Waals surface area contributed by atoms with Crippen molar-refractivity contribution in [1.82, 2.24) is 4.31 Å². The lowest BCUT2D eigenvalue weighted by Gasteiger charge is -2.31. The van der Waals surface area contributed by atoms with Gasteiger partial charge in [-0.2, -0.15) is 4.31 Å². The van der Waals surface area contributed by atoms with Crippen LogP contribution in [0.25, 0.3) is 0 Å². The molecule has 6 nitrogen and oxygen atoms in total. The zero-order valence-electron chi connectivity index (χ0n) is 17.9. The van der Waals surface area contributed by atoms with Crippen molar-refractivity contribution in [2.45, 2.75) is 56.4 Å². The van der Waals surface area contributed by atoms with Gasteiger partial charge in [0.25, 0.3) is 0 Å². The van der Waals surface area contributed by atoms with Crippen LogP contribution in [0.3, 0.4) is 0 Å². The summed E-state index contributed by atoms with van der Waals surface area (Å²) in [6, 6.07) is 14.3. The van der Waals surface area contributed by atoms with Gasteiger partial charge < -0.3 is 10.1 Å². The van der Waals surface area contributed by atoms with Gasteiger partial charge >= 0.3 is 0 Å². The van der Waals surface area contributed by atoms with Crippen LogP contribution in [0.4, 0.5) is 5.69 Å². The molecule has 1 heterocycles. The van der Waals surface area contributed by atoms with Crippen LogP contribution in [0.1, 0.15) is 44.1 Å². The van der Waals surface area contributed by atoms with E-state index < -0.39 is 10.0 Å². The van der Waals surface area contributed by atoms with Crippen molar-refractivity contribution >= 4 is 21.6 Å². The van der Waals surface area contributed by atoms with E-state index in [2.05, 4.69) is 5.32 Å². The molecule has 1 saturated carbocycles. The molecule has 0 unspecified atom stereocenters. The Bertz CT molecular complexity index is 997. The molecule has 166 valence electrons. The summed E-state index contributed by atoms with van der Waals surface area (Å²) in [4.78, 5) is 13.1. The monoisotopic (exact) mass is 442 g/mol. The molecule has 1 aliphatic heterocycles. The van der Waals surface area contributed by atoms with Gasteiger partial charge in [-0.05, 0) is 81.8 Å². The maximum Gasteiger partial charge on any atom is 0.243 e. The smallest absolute Gasteiger partial charge is 0.243 e. The van der Waals surface area contributed by atoms with Crippen LogP contribution in [-0.4, -0.2) is 37.8 Å². The summed E-state index contributed by atoms with van der Waals surface area (Å²) in [5, 5.41) is 2.94. The summed E-state index contributed by atoms with van der Waals surface area (Å²) in [6.45, 7) is 2.56. The second-order valence-corrected chi connectivity index (χ2v) is 10.5. The number of hydrogen-bond acceptors (Lipinski definition) is 4. The summed E-state index contributed by atoms with van der Waals surface area (Å²) in [7, 11) is -3.60. The lowest BCUT2D eigenvalue weighted by Crippen LogP contribution is -2.43. The first-order valence-corrected chi connectivity index (χ1v) is 12.5. The van der Waals surface area contributed by atoms with E-state index in [-0.39, 0.29) is 23.3 Å². The number of carbonyl (C=O) groups is 1. The molecule has 1 atom stereocenters. The number of nitrogens with zero attached hydrogens (tertiary/aromatic N) is 1. The number of aryl methyl sites for hydroxylation is 1. The maximum atomic E-state index is 13.0. The molecule has 0 radical (unpaired) electrons. The van der Waals surface area contributed by atoms with Crippen LogP contribution in [0.15, 0.2) is 53.4 Å². The fourth-order valence-corrected chi connectivity index (χ4v) is 5.82. The molecule has 1 amide bonds. The van der Waals surface area contributed by atoms with Gasteiger partial charge in [-0.15, -0.1) is 0 Å². The predicted octanol–water partition coefficient (Wildman–Crippen LogP) is 4.36. The van der Waals surface area contributed by atoms with E-state index in [9.17, 15) is 13.2 Å². The van der Waals surface area contributed by atoms with E-state index >= 15 is 0 Å². The lowest BCUT2D eigenvalue weighted by atomic mass is 9.99. The number of benzene rings is 2. The summed E-state index contributed by atoms with van der Waals surface area (Å²) >= 11 is 0. The van der Waals surface area contributed by atoms with Gasteiger partial charge in [0.05, 0.1) is 16.9 Å². The second kappa shape index (κ2) is 9.40. The number of anilines is 1. The Kier molecular flexibility index (Phi) is 6.62. The van der Waals surface area contributed by atoms with Gasteiger partial charge in [0.15, 0.2) is 0 Å². The Morgan fingerprint density at radius 3 is 2.32 bits per heavy atom. The summed E-state index contributed by atoms with van der Waals surface area (Å²) in [5.41, 5.74) is 1.71. The summed E-state index contributed by atoms with van der Waals surface area (Å²) in [5.74, 6) is 0.301. The van der Waals surface area contributed by atoms with E-state index in [0.717, 1.165) is 24.2 Å². The van der Waals surface area contributed by atoms with Crippen molar-refractivity contribution in [1.29, 1.82) is 0 Å². The molecule has 0 bridgehead atoms. The molecule has 31 heavy (non-hydrogen) atoms. The van der Waals surface area contributed by atoms with Crippen molar-refractivity contribution in [3.05, 3.63) is 54.1 Å². The van der Waals surface area contributed by atoms with Gasteiger partial charge in [0, 0.05) is 18.8 Å². The van der Waals surface area contributed by atoms with Crippen molar-refractivity contribution in [2.75, 3.05) is 18.4 Å². The standard InChI is InChI=1S/C24H30N2O4S/c1-18-8-14-23(15-9-18)31(28,29)26-16-4-5-19(17-26)24(27)25-20-10-12-22(13-11-20)30-21-6-2-3-7-21/h8-15,19,21H,2-7,16-17H2,1H3,(H,25,27)/t19-/m0/s1. The zero-order chi connectivity index (χ0) is 21.8. The third-order valence-corrected chi connectivity index (χ3v) is 8.02.